The van der Waals surface area contributed by atoms with E-state index in [1.165, 1.54) is 6.20 Å². The van der Waals surface area contributed by atoms with Crippen LogP contribution < -0.4 is 20.3 Å². The molecule has 2 heterocycles. The molecule has 2 aromatic carbocycles. The summed E-state index contributed by atoms with van der Waals surface area (Å²) in [4.78, 5) is 35.6. The number of amides is 3. The Hall–Kier alpha value is -3.99. The number of para-hydroxylation sites is 1. The lowest BCUT2D eigenvalue weighted by atomic mass is 9.94. The summed E-state index contributed by atoms with van der Waals surface area (Å²) in [7, 11) is -3.43. The van der Waals surface area contributed by atoms with Gasteiger partial charge in [0.15, 0.2) is 5.82 Å². The third-order valence-electron chi connectivity index (χ3n) is 5.74. The molecule has 1 saturated heterocycles. The lowest BCUT2D eigenvalue weighted by Gasteiger charge is -2.36. The molecule has 1 aliphatic heterocycles. The van der Waals surface area contributed by atoms with Crippen LogP contribution in [0, 0.1) is 12.8 Å². The van der Waals surface area contributed by atoms with Gasteiger partial charge in [-0.1, -0.05) is 37.3 Å². The summed E-state index contributed by atoms with van der Waals surface area (Å²) in [6.45, 7) is 4.35. The maximum Gasteiger partial charge on any atom is 0.321 e. The van der Waals surface area contributed by atoms with E-state index in [9.17, 15) is 18.0 Å². The molecule has 0 saturated carbocycles. The number of benzene rings is 2. The summed E-state index contributed by atoms with van der Waals surface area (Å²) in [5.74, 6) is 0.254. The van der Waals surface area contributed by atoms with E-state index in [1.54, 1.807) is 30.2 Å². The maximum absolute atomic E-state index is 13.2. The van der Waals surface area contributed by atoms with Crippen LogP contribution in [-0.4, -0.2) is 49.2 Å². The fourth-order valence-electron chi connectivity index (χ4n) is 4.13. The van der Waals surface area contributed by atoms with Crippen LogP contribution in [0.25, 0.3) is 11.1 Å². The number of anilines is 3. The van der Waals surface area contributed by atoms with Gasteiger partial charge in [-0.15, -0.1) is 0 Å². The SMILES string of the molecule is Cc1cnc(NC(=O)N[C@@H]2C[C@H](C)CN(c3ccc(-c4ccccc4NS(C)(=O)=O)cc3)C2=O)cn1. The average Bonchev–Trinajstić information content (AvgIpc) is 2.82. The van der Waals surface area contributed by atoms with Crippen LogP contribution in [0.5, 0.6) is 0 Å². The highest BCUT2D eigenvalue weighted by Gasteiger charge is 2.34. The van der Waals surface area contributed by atoms with Gasteiger partial charge in [0, 0.05) is 17.8 Å². The van der Waals surface area contributed by atoms with Gasteiger partial charge in [-0.05, 0) is 43.0 Å². The normalized spacial score (nSPS) is 18.0. The number of aromatic nitrogens is 2. The average molecular weight is 509 g/mol. The molecule has 36 heavy (non-hydrogen) atoms. The number of hydrogen-bond donors (Lipinski definition) is 3. The minimum atomic E-state index is -3.43. The molecule has 1 aromatic heterocycles. The van der Waals surface area contributed by atoms with Gasteiger partial charge in [-0.25, -0.2) is 18.2 Å². The van der Waals surface area contributed by atoms with Gasteiger partial charge < -0.3 is 10.2 Å². The number of carbonyl (C=O) groups is 2. The fraction of sp³-hybridized carbons (Fsp3) is 0.280. The molecule has 2 atom stereocenters. The lowest BCUT2D eigenvalue weighted by Crippen LogP contribution is -2.55. The summed E-state index contributed by atoms with van der Waals surface area (Å²) in [6, 6.07) is 13.2. The zero-order valence-electron chi connectivity index (χ0n) is 20.2. The van der Waals surface area contributed by atoms with E-state index in [2.05, 4.69) is 25.3 Å². The van der Waals surface area contributed by atoms with E-state index in [0.717, 1.165) is 23.1 Å². The lowest BCUT2D eigenvalue weighted by molar-refractivity contribution is -0.122. The first-order chi connectivity index (χ1) is 17.1. The van der Waals surface area contributed by atoms with Gasteiger partial charge >= 0.3 is 6.03 Å². The number of urea groups is 1. The first kappa shape index (κ1) is 25.1. The molecular formula is C25H28N6O4S. The Bertz CT molecular complexity index is 1360. The summed E-state index contributed by atoms with van der Waals surface area (Å²) in [5.41, 5.74) is 3.43. The Morgan fingerprint density at radius 1 is 1.06 bits per heavy atom. The van der Waals surface area contributed by atoms with Crippen LogP contribution in [0.2, 0.25) is 0 Å². The van der Waals surface area contributed by atoms with Crippen LogP contribution >= 0.6 is 0 Å². The third kappa shape index (κ3) is 6.16. The molecule has 4 rings (SSSR count). The van der Waals surface area contributed by atoms with Crippen molar-refractivity contribution in [3.05, 3.63) is 66.6 Å². The van der Waals surface area contributed by atoms with Crippen LogP contribution in [0.1, 0.15) is 19.0 Å². The summed E-state index contributed by atoms with van der Waals surface area (Å²) >= 11 is 0. The number of rotatable bonds is 6. The smallest absolute Gasteiger partial charge is 0.321 e. The van der Waals surface area contributed by atoms with E-state index in [-0.39, 0.29) is 11.8 Å². The van der Waals surface area contributed by atoms with Crippen LogP contribution in [0.4, 0.5) is 22.0 Å². The van der Waals surface area contributed by atoms with Crippen molar-refractivity contribution in [3.8, 4) is 11.1 Å². The molecule has 0 spiro atoms. The Labute approximate surface area is 210 Å². The van der Waals surface area contributed by atoms with Crippen molar-refractivity contribution < 1.29 is 18.0 Å². The van der Waals surface area contributed by atoms with Crippen LogP contribution in [-0.2, 0) is 14.8 Å². The number of carbonyl (C=O) groups excluding carboxylic acids is 2. The highest BCUT2D eigenvalue weighted by molar-refractivity contribution is 7.92. The molecule has 0 radical (unpaired) electrons. The van der Waals surface area contributed by atoms with Gasteiger partial charge in [0.1, 0.15) is 6.04 Å². The number of aryl methyl sites for hydroxylation is 1. The van der Waals surface area contributed by atoms with Gasteiger partial charge in [0.05, 0.1) is 30.0 Å². The Morgan fingerprint density at radius 2 is 1.78 bits per heavy atom. The van der Waals surface area contributed by atoms with Crippen molar-refractivity contribution in [2.45, 2.75) is 26.3 Å². The Kier molecular flexibility index (Phi) is 7.20. The second kappa shape index (κ2) is 10.3. The van der Waals surface area contributed by atoms with Crippen molar-refractivity contribution in [1.82, 2.24) is 15.3 Å². The zero-order chi connectivity index (χ0) is 25.9. The van der Waals surface area contributed by atoms with Crippen LogP contribution in [0.3, 0.4) is 0 Å². The van der Waals surface area contributed by atoms with E-state index in [1.807, 2.05) is 43.3 Å². The predicted octanol–water partition coefficient (Wildman–Crippen LogP) is 3.39. The van der Waals surface area contributed by atoms with E-state index < -0.39 is 22.1 Å². The minimum Gasteiger partial charge on any atom is -0.326 e. The second-order valence-corrected chi connectivity index (χ2v) is 10.7. The van der Waals surface area contributed by atoms with Crippen molar-refractivity contribution in [3.63, 3.8) is 0 Å². The van der Waals surface area contributed by atoms with Gasteiger partial charge in [0.2, 0.25) is 15.9 Å². The Morgan fingerprint density at radius 3 is 2.44 bits per heavy atom. The second-order valence-electron chi connectivity index (χ2n) is 8.95. The zero-order valence-corrected chi connectivity index (χ0v) is 21.0. The quantitative estimate of drug-likeness (QED) is 0.467. The molecule has 10 nitrogen and oxygen atoms in total. The molecular weight excluding hydrogens is 480 g/mol. The minimum absolute atomic E-state index is 0.159. The standard InChI is InChI=1S/C25H28N6O4S/c1-16-12-22(28-25(33)29-23-14-26-17(2)13-27-23)24(32)31(15-16)19-10-8-18(9-11-19)20-6-4-5-7-21(20)30-36(3,34)35/h4-11,13-14,16,22,30H,12,15H2,1-3H3,(H2,27,28,29,33)/t16-,22+/m0/s1. The molecule has 11 heteroatoms. The molecule has 3 N–H and O–H groups in total. The first-order valence-electron chi connectivity index (χ1n) is 11.4. The van der Waals surface area contributed by atoms with Crippen molar-refractivity contribution in [2.75, 3.05) is 27.7 Å². The predicted molar refractivity (Wildman–Crippen MR) is 139 cm³/mol. The monoisotopic (exact) mass is 508 g/mol. The fourth-order valence-corrected chi connectivity index (χ4v) is 4.71. The highest BCUT2D eigenvalue weighted by Crippen LogP contribution is 2.31. The Balaban J connectivity index is 1.49. The number of hydrogen-bond acceptors (Lipinski definition) is 6. The molecule has 0 bridgehead atoms. The summed E-state index contributed by atoms with van der Waals surface area (Å²) in [6.07, 6.45) is 4.63. The largest absolute Gasteiger partial charge is 0.326 e. The number of nitrogens with one attached hydrogen (secondary N) is 3. The number of nitrogens with zero attached hydrogens (tertiary/aromatic N) is 3. The molecule has 3 aromatic rings. The summed E-state index contributed by atoms with van der Waals surface area (Å²) < 4.78 is 26.0. The molecule has 0 unspecified atom stereocenters. The van der Waals surface area contributed by atoms with Crippen LogP contribution in [0.15, 0.2) is 60.9 Å². The van der Waals surface area contributed by atoms with Crippen molar-refractivity contribution in [2.24, 2.45) is 5.92 Å². The molecule has 1 fully saturated rings. The number of piperidine rings is 1. The molecule has 188 valence electrons. The topological polar surface area (TPSA) is 133 Å². The van der Waals surface area contributed by atoms with Crippen molar-refractivity contribution in [1.29, 1.82) is 0 Å². The first-order valence-corrected chi connectivity index (χ1v) is 13.3. The number of sulfonamides is 1. The molecule has 1 aliphatic rings. The van der Waals surface area contributed by atoms with E-state index in [0.29, 0.717) is 30.2 Å². The maximum atomic E-state index is 13.2. The van der Waals surface area contributed by atoms with Gasteiger partial charge in [0.25, 0.3) is 0 Å². The van der Waals surface area contributed by atoms with Gasteiger partial charge in [-0.3, -0.25) is 19.8 Å². The molecule has 3 amide bonds. The van der Waals surface area contributed by atoms with Crippen molar-refractivity contribution >= 4 is 39.2 Å². The van der Waals surface area contributed by atoms with E-state index >= 15 is 0 Å². The third-order valence-corrected chi connectivity index (χ3v) is 6.33. The highest BCUT2D eigenvalue weighted by atomic mass is 32.2. The summed E-state index contributed by atoms with van der Waals surface area (Å²) in [5, 5.41) is 5.36. The molecule has 0 aliphatic carbocycles. The van der Waals surface area contributed by atoms with E-state index in [4.69, 9.17) is 0 Å². The van der Waals surface area contributed by atoms with Gasteiger partial charge in [-0.2, -0.15) is 0 Å².